The van der Waals surface area contributed by atoms with Crippen LogP contribution in [0.2, 0.25) is 0 Å². The summed E-state index contributed by atoms with van der Waals surface area (Å²) in [6.07, 6.45) is 10.1. The van der Waals surface area contributed by atoms with Crippen LogP contribution in [0.3, 0.4) is 0 Å². The van der Waals surface area contributed by atoms with Crippen LogP contribution < -0.4 is 5.32 Å². The lowest BCUT2D eigenvalue weighted by atomic mass is 10.00. The van der Waals surface area contributed by atoms with Gasteiger partial charge in [0.05, 0.1) is 5.37 Å². The Labute approximate surface area is 92.4 Å². The van der Waals surface area contributed by atoms with Crippen molar-refractivity contribution in [2.45, 2.75) is 63.3 Å². The fourth-order valence-electron chi connectivity index (χ4n) is 2.67. The lowest BCUT2D eigenvalue weighted by Gasteiger charge is -2.22. The van der Waals surface area contributed by atoms with Gasteiger partial charge in [0.15, 0.2) is 0 Å². The Kier molecular flexibility index (Phi) is 4.18. The highest BCUT2D eigenvalue weighted by molar-refractivity contribution is 8.00. The maximum absolute atomic E-state index is 3.80. The maximum atomic E-state index is 3.80. The number of hydrogen-bond donors (Lipinski definition) is 1. The Hall–Kier alpha value is 0.310. The number of hydrogen-bond acceptors (Lipinski definition) is 2. The Morgan fingerprint density at radius 1 is 1.14 bits per heavy atom. The molecule has 0 amide bonds. The first-order chi connectivity index (χ1) is 6.90. The molecular formula is C12H23NS. The Bertz CT molecular complexity index is 164. The molecule has 2 atom stereocenters. The van der Waals surface area contributed by atoms with E-state index in [0.29, 0.717) is 0 Å². The number of rotatable bonds is 2. The van der Waals surface area contributed by atoms with Gasteiger partial charge in [0.2, 0.25) is 0 Å². The van der Waals surface area contributed by atoms with Crippen molar-refractivity contribution in [1.29, 1.82) is 0 Å². The average Bonchev–Trinajstić information content (AvgIpc) is 2.53. The molecule has 2 unspecified atom stereocenters. The number of nitrogens with one attached hydrogen (secondary N) is 1. The quantitative estimate of drug-likeness (QED) is 0.706. The summed E-state index contributed by atoms with van der Waals surface area (Å²) in [4.78, 5) is 0. The highest BCUT2D eigenvalue weighted by atomic mass is 32.2. The van der Waals surface area contributed by atoms with E-state index in [2.05, 4.69) is 24.0 Å². The largest absolute Gasteiger partial charge is 0.301 e. The maximum Gasteiger partial charge on any atom is 0.0563 e. The SMILES string of the molecule is CCC1CSC(C2CCCCCC2)N1. The molecule has 82 valence electrons. The topological polar surface area (TPSA) is 12.0 Å². The van der Waals surface area contributed by atoms with Crippen LogP contribution in [0.4, 0.5) is 0 Å². The van der Waals surface area contributed by atoms with Crippen molar-refractivity contribution < 1.29 is 0 Å². The molecule has 1 aliphatic carbocycles. The molecule has 0 aromatic carbocycles. The molecule has 2 fully saturated rings. The molecule has 1 aliphatic heterocycles. The highest BCUT2D eigenvalue weighted by Gasteiger charge is 2.29. The molecule has 2 heteroatoms. The molecule has 0 radical (unpaired) electrons. The van der Waals surface area contributed by atoms with Crippen LogP contribution in [0.5, 0.6) is 0 Å². The predicted octanol–water partition coefficient (Wildman–Crippen LogP) is 3.40. The zero-order chi connectivity index (χ0) is 9.80. The molecule has 0 aromatic rings. The third kappa shape index (κ3) is 2.66. The molecule has 0 aromatic heterocycles. The second kappa shape index (κ2) is 5.41. The van der Waals surface area contributed by atoms with Crippen molar-refractivity contribution in [1.82, 2.24) is 5.32 Å². The summed E-state index contributed by atoms with van der Waals surface area (Å²) in [5, 5.41) is 4.59. The first-order valence-electron chi connectivity index (χ1n) is 6.28. The molecule has 1 saturated heterocycles. The smallest absolute Gasteiger partial charge is 0.0563 e. The van der Waals surface area contributed by atoms with Crippen molar-refractivity contribution in [3.8, 4) is 0 Å². The van der Waals surface area contributed by atoms with Crippen LogP contribution >= 0.6 is 11.8 Å². The fourth-order valence-corrected chi connectivity index (χ4v) is 4.27. The molecule has 0 spiro atoms. The van der Waals surface area contributed by atoms with Gasteiger partial charge in [-0.3, -0.25) is 0 Å². The van der Waals surface area contributed by atoms with Gasteiger partial charge in [-0.1, -0.05) is 32.6 Å². The van der Waals surface area contributed by atoms with Gasteiger partial charge in [-0.05, 0) is 25.2 Å². The summed E-state index contributed by atoms with van der Waals surface area (Å²) in [6.45, 7) is 2.30. The summed E-state index contributed by atoms with van der Waals surface area (Å²) in [7, 11) is 0. The minimum absolute atomic E-state index is 0.790. The van der Waals surface area contributed by atoms with Crippen LogP contribution in [0.25, 0.3) is 0 Å². The third-order valence-electron chi connectivity index (χ3n) is 3.70. The van der Waals surface area contributed by atoms with E-state index >= 15 is 0 Å². The standard InChI is InChI=1S/C12H23NS/c1-2-11-9-14-12(13-11)10-7-5-3-4-6-8-10/h10-13H,2-9H2,1H3. The molecule has 0 bridgehead atoms. The zero-order valence-electron chi connectivity index (χ0n) is 9.30. The normalized spacial score (nSPS) is 35.8. The van der Waals surface area contributed by atoms with Crippen molar-refractivity contribution in [2.75, 3.05) is 5.75 Å². The first kappa shape index (κ1) is 10.8. The number of thioether (sulfide) groups is 1. The molecule has 1 saturated carbocycles. The van der Waals surface area contributed by atoms with Gasteiger partial charge in [-0.15, -0.1) is 11.8 Å². The zero-order valence-corrected chi connectivity index (χ0v) is 10.1. The van der Waals surface area contributed by atoms with Gasteiger partial charge in [-0.25, -0.2) is 0 Å². The Balaban J connectivity index is 1.82. The summed E-state index contributed by atoms with van der Waals surface area (Å²) in [6, 6.07) is 0.799. The van der Waals surface area contributed by atoms with Crippen LogP contribution in [-0.2, 0) is 0 Å². The van der Waals surface area contributed by atoms with Gasteiger partial charge >= 0.3 is 0 Å². The molecule has 2 rings (SSSR count). The highest BCUT2D eigenvalue weighted by Crippen LogP contribution is 2.34. The summed E-state index contributed by atoms with van der Waals surface area (Å²) < 4.78 is 0. The van der Waals surface area contributed by atoms with E-state index < -0.39 is 0 Å². The van der Waals surface area contributed by atoms with Gasteiger partial charge in [0.1, 0.15) is 0 Å². The van der Waals surface area contributed by atoms with E-state index in [-0.39, 0.29) is 0 Å². The van der Waals surface area contributed by atoms with Crippen molar-refractivity contribution >= 4 is 11.8 Å². The minimum atomic E-state index is 0.790. The van der Waals surface area contributed by atoms with E-state index in [1.165, 1.54) is 50.7 Å². The summed E-state index contributed by atoms with van der Waals surface area (Å²) in [5.74, 6) is 2.32. The average molecular weight is 213 g/mol. The molecule has 14 heavy (non-hydrogen) atoms. The second-order valence-corrected chi connectivity index (χ2v) is 5.95. The lowest BCUT2D eigenvalue weighted by Crippen LogP contribution is -2.34. The molecule has 2 aliphatic rings. The van der Waals surface area contributed by atoms with Crippen molar-refractivity contribution in [3.63, 3.8) is 0 Å². The third-order valence-corrected chi connectivity index (χ3v) is 5.17. The molecule has 1 heterocycles. The minimum Gasteiger partial charge on any atom is -0.301 e. The monoisotopic (exact) mass is 213 g/mol. The molecular weight excluding hydrogens is 190 g/mol. The van der Waals surface area contributed by atoms with Crippen molar-refractivity contribution in [3.05, 3.63) is 0 Å². The van der Waals surface area contributed by atoms with E-state index in [9.17, 15) is 0 Å². The van der Waals surface area contributed by atoms with Crippen LogP contribution in [0.15, 0.2) is 0 Å². The predicted molar refractivity (Wildman–Crippen MR) is 64.7 cm³/mol. The van der Waals surface area contributed by atoms with E-state index in [0.717, 1.165) is 17.3 Å². The van der Waals surface area contributed by atoms with E-state index in [1.54, 1.807) is 0 Å². The van der Waals surface area contributed by atoms with Crippen LogP contribution in [0, 0.1) is 5.92 Å². The summed E-state index contributed by atoms with van der Waals surface area (Å²) in [5.41, 5.74) is 0. The Morgan fingerprint density at radius 3 is 2.43 bits per heavy atom. The molecule has 1 nitrogen and oxygen atoms in total. The fraction of sp³-hybridized carbons (Fsp3) is 1.00. The lowest BCUT2D eigenvalue weighted by molar-refractivity contribution is 0.386. The van der Waals surface area contributed by atoms with Crippen molar-refractivity contribution in [2.24, 2.45) is 5.92 Å². The Morgan fingerprint density at radius 2 is 1.86 bits per heavy atom. The van der Waals surface area contributed by atoms with Gasteiger partial charge in [0, 0.05) is 11.8 Å². The molecule has 1 N–H and O–H groups in total. The van der Waals surface area contributed by atoms with E-state index in [4.69, 9.17) is 0 Å². The first-order valence-corrected chi connectivity index (χ1v) is 7.32. The van der Waals surface area contributed by atoms with Gasteiger partial charge < -0.3 is 5.32 Å². The van der Waals surface area contributed by atoms with E-state index in [1.807, 2.05) is 0 Å². The summed E-state index contributed by atoms with van der Waals surface area (Å²) >= 11 is 2.18. The van der Waals surface area contributed by atoms with Crippen LogP contribution in [0.1, 0.15) is 51.9 Å². The van der Waals surface area contributed by atoms with Gasteiger partial charge in [0.25, 0.3) is 0 Å². The van der Waals surface area contributed by atoms with Crippen LogP contribution in [-0.4, -0.2) is 17.2 Å². The second-order valence-electron chi connectivity index (χ2n) is 4.78. The van der Waals surface area contributed by atoms with Gasteiger partial charge in [-0.2, -0.15) is 0 Å².